The molecule has 0 spiro atoms. The molecule has 102 valence electrons. The average Bonchev–Trinajstić information content (AvgIpc) is 2.47. The highest BCUT2D eigenvalue weighted by atomic mass is 16.4. The van der Waals surface area contributed by atoms with Crippen LogP contribution in [0.2, 0.25) is 0 Å². The first kappa shape index (κ1) is 13.8. The van der Waals surface area contributed by atoms with Crippen molar-refractivity contribution in [3.05, 3.63) is 65.2 Å². The number of nitrogens with one attached hydrogen (secondary N) is 1. The van der Waals surface area contributed by atoms with Crippen molar-refractivity contribution in [2.75, 3.05) is 5.32 Å². The maximum absolute atomic E-state index is 12.0. The number of rotatable bonds is 4. The van der Waals surface area contributed by atoms with E-state index in [-0.39, 0.29) is 11.5 Å². The first-order valence-electron chi connectivity index (χ1n) is 6.04. The van der Waals surface area contributed by atoms with Gasteiger partial charge < -0.3 is 16.2 Å². The number of carbonyl (C=O) groups excluding carboxylic acids is 1. The zero-order chi connectivity index (χ0) is 14.5. The van der Waals surface area contributed by atoms with Gasteiger partial charge in [0.25, 0.3) is 5.91 Å². The summed E-state index contributed by atoms with van der Waals surface area (Å²) < 4.78 is 0. The molecule has 0 unspecified atom stereocenters. The SMILES string of the molecule is NCc1ccc(C(=O)Nc2cccc(C(=O)O)c2)cc1. The maximum Gasteiger partial charge on any atom is 0.335 e. The molecule has 0 bridgehead atoms. The average molecular weight is 270 g/mol. The molecular weight excluding hydrogens is 256 g/mol. The molecule has 0 saturated carbocycles. The van der Waals surface area contributed by atoms with Crippen LogP contribution in [0.1, 0.15) is 26.3 Å². The third-order valence-corrected chi connectivity index (χ3v) is 2.82. The summed E-state index contributed by atoms with van der Waals surface area (Å²) in [5, 5.41) is 11.6. The number of amides is 1. The summed E-state index contributed by atoms with van der Waals surface area (Å²) in [6, 6.07) is 13.0. The van der Waals surface area contributed by atoms with E-state index in [1.165, 1.54) is 12.1 Å². The molecule has 0 aliphatic rings. The molecule has 0 heterocycles. The van der Waals surface area contributed by atoms with E-state index in [4.69, 9.17) is 10.8 Å². The maximum atomic E-state index is 12.0. The van der Waals surface area contributed by atoms with Gasteiger partial charge in [-0.05, 0) is 35.9 Å². The minimum absolute atomic E-state index is 0.126. The molecule has 20 heavy (non-hydrogen) atoms. The Labute approximate surface area is 116 Å². The molecule has 0 aliphatic carbocycles. The first-order chi connectivity index (χ1) is 9.60. The van der Waals surface area contributed by atoms with Crippen molar-refractivity contribution >= 4 is 17.6 Å². The number of carboxylic acids is 1. The summed E-state index contributed by atoms with van der Waals surface area (Å²) in [5.41, 5.74) is 7.49. The highest BCUT2D eigenvalue weighted by Gasteiger charge is 2.08. The molecule has 2 aromatic carbocycles. The van der Waals surface area contributed by atoms with E-state index in [0.717, 1.165) is 5.56 Å². The van der Waals surface area contributed by atoms with Crippen LogP contribution in [0, 0.1) is 0 Å². The van der Waals surface area contributed by atoms with E-state index in [1.807, 2.05) is 0 Å². The second-order valence-corrected chi connectivity index (χ2v) is 4.24. The molecule has 2 rings (SSSR count). The van der Waals surface area contributed by atoms with Crippen LogP contribution in [0.25, 0.3) is 0 Å². The summed E-state index contributed by atoms with van der Waals surface area (Å²) in [7, 11) is 0. The van der Waals surface area contributed by atoms with Gasteiger partial charge in [0.05, 0.1) is 5.56 Å². The van der Waals surface area contributed by atoms with E-state index < -0.39 is 5.97 Å². The largest absolute Gasteiger partial charge is 0.478 e. The summed E-state index contributed by atoms with van der Waals surface area (Å²) >= 11 is 0. The number of hydrogen-bond donors (Lipinski definition) is 3. The lowest BCUT2D eigenvalue weighted by Crippen LogP contribution is -2.12. The van der Waals surface area contributed by atoms with Crippen LogP contribution >= 0.6 is 0 Å². The molecule has 4 N–H and O–H groups in total. The van der Waals surface area contributed by atoms with Crippen molar-refractivity contribution < 1.29 is 14.7 Å². The quantitative estimate of drug-likeness (QED) is 0.793. The molecule has 5 heteroatoms. The van der Waals surface area contributed by atoms with Gasteiger partial charge in [0.1, 0.15) is 0 Å². The highest BCUT2D eigenvalue weighted by Crippen LogP contribution is 2.13. The van der Waals surface area contributed by atoms with E-state index in [0.29, 0.717) is 17.8 Å². The van der Waals surface area contributed by atoms with Gasteiger partial charge >= 0.3 is 5.97 Å². The minimum Gasteiger partial charge on any atom is -0.478 e. The van der Waals surface area contributed by atoms with E-state index in [2.05, 4.69) is 5.32 Å². The van der Waals surface area contributed by atoms with Crippen LogP contribution in [0.4, 0.5) is 5.69 Å². The Morgan fingerprint density at radius 1 is 1.05 bits per heavy atom. The van der Waals surface area contributed by atoms with Crippen molar-refractivity contribution in [3.63, 3.8) is 0 Å². The number of nitrogens with two attached hydrogens (primary N) is 1. The fraction of sp³-hybridized carbons (Fsp3) is 0.0667. The minimum atomic E-state index is -1.03. The van der Waals surface area contributed by atoms with Crippen molar-refractivity contribution in [2.45, 2.75) is 6.54 Å². The van der Waals surface area contributed by atoms with Gasteiger partial charge in [-0.2, -0.15) is 0 Å². The van der Waals surface area contributed by atoms with Gasteiger partial charge in [-0.1, -0.05) is 18.2 Å². The molecule has 0 atom stereocenters. The second kappa shape index (κ2) is 5.99. The third-order valence-electron chi connectivity index (χ3n) is 2.82. The molecule has 0 saturated heterocycles. The third kappa shape index (κ3) is 3.21. The van der Waals surface area contributed by atoms with Crippen molar-refractivity contribution in [2.24, 2.45) is 5.73 Å². The summed E-state index contributed by atoms with van der Waals surface area (Å²) in [6.07, 6.45) is 0. The lowest BCUT2D eigenvalue weighted by atomic mass is 10.1. The summed E-state index contributed by atoms with van der Waals surface area (Å²) in [5.74, 6) is -1.33. The molecule has 5 nitrogen and oxygen atoms in total. The summed E-state index contributed by atoms with van der Waals surface area (Å²) in [4.78, 5) is 22.9. The normalized spacial score (nSPS) is 10.1. The van der Waals surface area contributed by atoms with Gasteiger partial charge in [-0.3, -0.25) is 4.79 Å². The Kier molecular flexibility index (Phi) is 4.12. The standard InChI is InChI=1S/C15H14N2O3/c16-9-10-4-6-11(7-5-10)14(18)17-13-3-1-2-12(8-13)15(19)20/h1-8H,9,16H2,(H,17,18)(H,19,20). The zero-order valence-corrected chi connectivity index (χ0v) is 10.7. The van der Waals surface area contributed by atoms with Crippen molar-refractivity contribution in [1.29, 1.82) is 0 Å². The molecule has 0 radical (unpaired) electrons. The topological polar surface area (TPSA) is 92.4 Å². The molecular formula is C15H14N2O3. The van der Waals surface area contributed by atoms with E-state index >= 15 is 0 Å². The van der Waals surface area contributed by atoms with Crippen LogP contribution in [-0.2, 0) is 6.54 Å². The Bertz CT molecular complexity index is 636. The predicted octanol–water partition coefficient (Wildman–Crippen LogP) is 2.10. The second-order valence-electron chi connectivity index (χ2n) is 4.24. The van der Waals surface area contributed by atoms with Gasteiger partial charge in [-0.25, -0.2) is 4.79 Å². The van der Waals surface area contributed by atoms with E-state index in [9.17, 15) is 9.59 Å². The van der Waals surface area contributed by atoms with Crippen LogP contribution in [0.15, 0.2) is 48.5 Å². The van der Waals surface area contributed by atoms with Gasteiger partial charge in [-0.15, -0.1) is 0 Å². The van der Waals surface area contributed by atoms with Crippen LogP contribution in [-0.4, -0.2) is 17.0 Å². The Balaban J connectivity index is 2.14. The lowest BCUT2D eigenvalue weighted by Gasteiger charge is -2.06. The van der Waals surface area contributed by atoms with Gasteiger partial charge in [0.15, 0.2) is 0 Å². The van der Waals surface area contributed by atoms with Crippen LogP contribution in [0.5, 0.6) is 0 Å². The van der Waals surface area contributed by atoms with Crippen molar-refractivity contribution in [1.82, 2.24) is 0 Å². The predicted molar refractivity (Wildman–Crippen MR) is 75.7 cm³/mol. The molecule has 0 aliphatic heterocycles. The number of aromatic carboxylic acids is 1. The zero-order valence-electron chi connectivity index (χ0n) is 10.7. The van der Waals surface area contributed by atoms with Crippen LogP contribution in [0.3, 0.4) is 0 Å². The van der Waals surface area contributed by atoms with E-state index in [1.54, 1.807) is 36.4 Å². The van der Waals surface area contributed by atoms with Gasteiger partial charge in [0.2, 0.25) is 0 Å². The number of carbonyl (C=O) groups is 2. The molecule has 1 amide bonds. The lowest BCUT2D eigenvalue weighted by molar-refractivity contribution is 0.0696. The first-order valence-corrected chi connectivity index (χ1v) is 6.04. The molecule has 0 aromatic heterocycles. The Morgan fingerprint density at radius 2 is 1.75 bits per heavy atom. The van der Waals surface area contributed by atoms with Gasteiger partial charge in [0, 0.05) is 17.8 Å². The number of anilines is 1. The van der Waals surface area contributed by atoms with Crippen LogP contribution < -0.4 is 11.1 Å². The highest BCUT2D eigenvalue weighted by molar-refractivity contribution is 6.04. The number of hydrogen-bond acceptors (Lipinski definition) is 3. The smallest absolute Gasteiger partial charge is 0.335 e. The fourth-order valence-corrected chi connectivity index (χ4v) is 1.73. The Hall–Kier alpha value is -2.66. The number of benzene rings is 2. The molecule has 2 aromatic rings. The monoisotopic (exact) mass is 270 g/mol. The Morgan fingerprint density at radius 3 is 2.35 bits per heavy atom. The number of carboxylic acid groups (broad SMARTS) is 1. The van der Waals surface area contributed by atoms with Crippen molar-refractivity contribution in [3.8, 4) is 0 Å². The summed E-state index contributed by atoms with van der Waals surface area (Å²) in [6.45, 7) is 0.419. The molecule has 0 fully saturated rings. The fourth-order valence-electron chi connectivity index (χ4n) is 1.73.